The third kappa shape index (κ3) is 3.21. The van der Waals surface area contributed by atoms with Crippen molar-refractivity contribution in [3.05, 3.63) is 24.0 Å². The number of carbonyl (C=O) groups is 2. The Balaban J connectivity index is 2.89. The molecule has 0 radical (unpaired) electrons. The van der Waals surface area contributed by atoms with Crippen LogP contribution >= 0.6 is 0 Å². The van der Waals surface area contributed by atoms with Crippen LogP contribution in [-0.4, -0.2) is 18.5 Å². The van der Waals surface area contributed by atoms with Crippen molar-refractivity contribution in [3.63, 3.8) is 0 Å². The predicted octanol–water partition coefficient (Wildman–Crippen LogP) is 0.179. The number of rotatable bonds is 4. The number of benzene rings is 1. The Morgan fingerprint density at radius 1 is 1.56 bits per heavy atom. The maximum atomic E-state index is 13.2. The lowest BCUT2D eigenvalue weighted by atomic mass is 10.3. The molecule has 5 N–H and O–H groups in total. The van der Waals surface area contributed by atoms with Crippen molar-refractivity contribution in [2.45, 2.75) is 6.17 Å². The molecule has 1 atom stereocenters. The molecule has 0 spiro atoms. The molecule has 0 aromatic heterocycles. The van der Waals surface area contributed by atoms with Crippen LogP contribution in [0.2, 0.25) is 0 Å². The average Bonchev–Trinajstić information content (AvgIpc) is 2.22. The Kier molecular flexibility index (Phi) is 3.78. The zero-order chi connectivity index (χ0) is 12.1. The second-order valence-corrected chi connectivity index (χ2v) is 2.87. The fourth-order valence-electron chi connectivity index (χ4n) is 1.01. The summed E-state index contributed by atoms with van der Waals surface area (Å²) >= 11 is 0. The molecular formula is C9H10FN3O3. The number of hydrogen-bond donors (Lipinski definition) is 3. The molecule has 1 amide bonds. The van der Waals surface area contributed by atoms with E-state index in [2.05, 4.69) is 10.1 Å². The lowest BCUT2D eigenvalue weighted by Crippen LogP contribution is -2.31. The van der Waals surface area contributed by atoms with Gasteiger partial charge in [0, 0.05) is 6.07 Å². The van der Waals surface area contributed by atoms with Gasteiger partial charge in [0.25, 0.3) is 0 Å². The van der Waals surface area contributed by atoms with Crippen molar-refractivity contribution in [2.75, 3.05) is 5.32 Å². The third-order valence-corrected chi connectivity index (χ3v) is 1.63. The van der Waals surface area contributed by atoms with Crippen LogP contribution in [0.15, 0.2) is 18.2 Å². The molecule has 6 nitrogen and oxygen atoms in total. The van der Waals surface area contributed by atoms with E-state index in [0.717, 1.165) is 6.07 Å². The fourth-order valence-corrected chi connectivity index (χ4v) is 1.01. The second-order valence-electron chi connectivity index (χ2n) is 2.87. The van der Waals surface area contributed by atoms with Crippen LogP contribution < -0.4 is 21.5 Å². The van der Waals surface area contributed by atoms with Gasteiger partial charge in [-0.3, -0.25) is 4.79 Å². The van der Waals surface area contributed by atoms with Crippen LogP contribution in [0, 0.1) is 5.82 Å². The van der Waals surface area contributed by atoms with Gasteiger partial charge in [0.15, 0.2) is 6.29 Å². The first-order chi connectivity index (χ1) is 7.52. The molecule has 0 saturated heterocycles. The number of hydrogen-bond acceptors (Lipinski definition) is 5. The van der Waals surface area contributed by atoms with E-state index in [1.165, 1.54) is 12.1 Å². The summed E-state index contributed by atoms with van der Waals surface area (Å²) in [4.78, 5) is 20.7. The van der Waals surface area contributed by atoms with Crippen LogP contribution in [-0.2, 0) is 4.79 Å². The normalized spacial score (nSPS) is 11.6. The first-order valence-electron chi connectivity index (χ1n) is 4.27. The van der Waals surface area contributed by atoms with Crippen LogP contribution in [0.1, 0.15) is 0 Å². The number of halogens is 1. The lowest BCUT2D eigenvalue weighted by Gasteiger charge is -2.11. The molecule has 0 heterocycles. The Labute approximate surface area is 90.4 Å². The highest BCUT2D eigenvalue weighted by Gasteiger charge is 2.08. The van der Waals surface area contributed by atoms with Gasteiger partial charge in [-0.15, -0.1) is 0 Å². The van der Waals surface area contributed by atoms with Crippen molar-refractivity contribution in [1.82, 2.24) is 0 Å². The molecule has 1 unspecified atom stereocenters. The van der Waals surface area contributed by atoms with Gasteiger partial charge in [0.1, 0.15) is 17.7 Å². The molecule has 7 heteroatoms. The molecule has 0 fully saturated rings. The molecule has 1 aromatic rings. The van der Waals surface area contributed by atoms with Crippen molar-refractivity contribution in [1.29, 1.82) is 0 Å². The molecule has 0 aliphatic heterocycles. The van der Waals surface area contributed by atoms with Crippen LogP contribution in [0.25, 0.3) is 0 Å². The van der Waals surface area contributed by atoms with Gasteiger partial charge in [-0.25, -0.2) is 9.18 Å². The summed E-state index contributed by atoms with van der Waals surface area (Å²) in [7, 11) is 0. The Hall–Kier alpha value is -2.15. The van der Waals surface area contributed by atoms with E-state index in [4.69, 9.17) is 11.5 Å². The van der Waals surface area contributed by atoms with Crippen molar-refractivity contribution in [3.8, 4) is 5.75 Å². The Bertz CT molecular complexity index is 411. The van der Waals surface area contributed by atoms with Crippen molar-refractivity contribution >= 4 is 18.1 Å². The molecule has 16 heavy (non-hydrogen) atoms. The molecule has 1 aromatic carbocycles. The summed E-state index contributed by atoms with van der Waals surface area (Å²) in [6.45, 7) is 0. The SMILES string of the molecule is NC(=O)Oc1ccc(F)c(NC(N)C=O)c1. The number of nitrogens with one attached hydrogen (secondary N) is 1. The number of anilines is 1. The quantitative estimate of drug-likeness (QED) is 0.502. The highest BCUT2D eigenvalue weighted by atomic mass is 19.1. The van der Waals surface area contributed by atoms with Crippen molar-refractivity contribution < 1.29 is 18.7 Å². The maximum absolute atomic E-state index is 13.2. The first-order valence-corrected chi connectivity index (χ1v) is 4.27. The lowest BCUT2D eigenvalue weighted by molar-refractivity contribution is -0.108. The van der Waals surface area contributed by atoms with Crippen molar-refractivity contribution in [2.24, 2.45) is 11.5 Å². The number of carbonyl (C=O) groups excluding carboxylic acids is 2. The van der Waals surface area contributed by atoms with Gasteiger partial charge in [0.2, 0.25) is 0 Å². The van der Waals surface area contributed by atoms with E-state index >= 15 is 0 Å². The smallest absolute Gasteiger partial charge is 0.409 e. The van der Waals surface area contributed by atoms with Crippen LogP contribution in [0.4, 0.5) is 14.9 Å². The Morgan fingerprint density at radius 2 is 2.25 bits per heavy atom. The summed E-state index contributed by atoms with van der Waals surface area (Å²) in [6.07, 6.45) is -1.66. The monoisotopic (exact) mass is 227 g/mol. The number of amides is 1. The topological polar surface area (TPSA) is 107 Å². The minimum atomic E-state index is -1.04. The Morgan fingerprint density at radius 3 is 2.81 bits per heavy atom. The van der Waals surface area contributed by atoms with E-state index in [1.54, 1.807) is 0 Å². The second kappa shape index (κ2) is 5.08. The standard InChI is InChI=1S/C9H10FN3O3/c10-6-2-1-5(16-9(12)15)3-7(6)13-8(11)4-14/h1-4,8,13H,11H2,(H2,12,15). The largest absolute Gasteiger partial charge is 0.410 e. The summed E-state index contributed by atoms with van der Waals surface area (Å²) in [5.41, 5.74) is 9.97. The first kappa shape index (κ1) is 11.9. The van der Waals surface area contributed by atoms with Crippen LogP contribution in [0.5, 0.6) is 5.75 Å². The molecule has 86 valence electrons. The van der Waals surface area contributed by atoms with Gasteiger partial charge in [-0.1, -0.05) is 0 Å². The number of nitrogens with two attached hydrogens (primary N) is 2. The number of primary amides is 1. The summed E-state index contributed by atoms with van der Waals surface area (Å²) < 4.78 is 17.7. The van der Waals surface area contributed by atoms with Gasteiger partial charge in [0.05, 0.1) is 5.69 Å². The molecule has 1 rings (SSSR count). The highest BCUT2D eigenvalue weighted by molar-refractivity contribution is 5.69. The third-order valence-electron chi connectivity index (χ3n) is 1.63. The zero-order valence-electron chi connectivity index (χ0n) is 8.14. The number of ether oxygens (including phenoxy) is 1. The van der Waals surface area contributed by atoms with Gasteiger partial charge >= 0.3 is 6.09 Å². The van der Waals surface area contributed by atoms with Gasteiger partial charge in [-0.2, -0.15) is 0 Å². The van der Waals surface area contributed by atoms with E-state index in [-0.39, 0.29) is 11.4 Å². The zero-order valence-corrected chi connectivity index (χ0v) is 8.14. The van der Waals surface area contributed by atoms with Crippen LogP contribution in [0.3, 0.4) is 0 Å². The van der Waals surface area contributed by atoms with Gasteiger partial charge < -0.3 is 21.5 Å². The minimum absolute atomic E-state index is 0.0505. The summed E-state index contributed by atoms with van der Waals surface area (Å²) in [5.74, 6) is -0.580. The van der Waals surface area contributed by atoms with E-state index in [0.29, 0.717) is 6.29 Å². The predicted molar refractivity (Wildman–Crippen MR) is 54.3 cm³/mol. The summed E-state index contributed by atoms with van der Waals surface area (Å²) in [6, 6.07) is 3.44. The minimum Gasteiger partial charge on any atom is -0.410 e. The molecule has 0 aliphatic carbocycles. The van der Waals surface area contributed by atoms with Gasteiger partial charge in [-0.05, 0) is 12.1 Å². The fraction of sp³-hybridized carbons (Fsp3) is 0.111. The highest BCUT2D eigenvalue weighted by Crippen LogP contribution is 2.21. The van der Waals surface area contributed by atoms with E-state index in [1.807, 2.05) is 0 Å². The molecule has 0 bridgehead atoms. The van der Waals surface area contributed by atoms with E-state index < -0.39 is 18.1 Å². The molecular weight excluding hydrogens is 217 g/mol. The molecule has 0 aliphatic rings. The van der Waals surface area contributed by atoms with E-state index in [9.17, 15) is 14.0 Å². The number of aldehydes is 1. The maximum Gasteiger partial charge on any atom is 0.409 e. The average molecular weight is 227 g/mol. The summed E-state index contributed by atoms with van der Waals surface area (Å²) in [5, 5.41) is 2.38. The molecule has 0 saturated carbocycles.